The van der Waals surface area contributed by atoms with Crippen LogP contribution < -0.4 is 16.4 Å². The summed E-state index contributed by atoms with van der Waals surface area (Å²) in [6.07, 6.45) is 1.33. The maximum atomic E-state index is 11.7. The molecule has 0 aliphatic rings. The fourth-order valence-electron chi connectivity index (χ4n) is 1.90. The minimum Gasteiger partial charge on any atom is -0.380 e. The van der Waals surface area contributed by atoms with E-state index in [1.165, 1.54) is 7.11 Å². The molecular weight excluding hydrogens is 282 g/mol. The molecule has 6 heteroatoms. The largest absolute Gasteiger partial charge is 0.380 e. The number of rotatable bonds is 9. The number of benzene rings is 1. The van der Waals surface area contributed by atoms with Gasteiger partial charge < -0.3 is 21.1 Å². The Morgan fingerprint density at radius 3 is 2.45 bits per heavy atom. The molecule has 0 bridgehead atoms. The van der Waals surface area contributed by atoms with Gasteiger partial charge in [-0.2, -0.15) is 0 Å². The third-order valence-electron chi connectivity index (χ3n) is 3.21. The highest BCUT2D eigenvalue weighted by atomic mass is 16.5. The molecule has 0 saturated heterocycles. The molecular formula is C16H25N3O3. The normalized spacial score (nSPS) is 11.8. The summed E-state index contributed by atoms with van der Waals surface area (Å²) in [6.45, 7) is 2.71. The van der Waals surface area contributed by atoms with Gasteiger partial charge in [-0.25, -0.2) is 0 Å². The zero-order valence-electron chi connectivity index (χ0n) is 13.2. The molecule has 1 rings (SSSR count). The Balaban J connectivity index is 2.41. The van der Waals surface area contributed by atoms with Gasteiger partial charge in [-0.1, -0.05) is 19.1 Å². The molecule has 0 fully saturated rings. The van der Waals surface area contributed by atoms with E-state index in [9.17, 15) is 9.59 Å². The van der Waals surface area contributed by atoms with Crippen LogP contribution in [0.4, 0.5) is 5.69 Å². The lowest BCUT2D eigenvalue weighted by Crippen LogP contribution is -2.31. The van der Waals surface area contributed by atoms with Crippen LogP contribution in [0, 0.1) is 0 Å². The maximum absolute atomic E-state index is 11.7. The van der Waals surface area contributed by atoms with Crippen molar-refractivity contribution in [2.75, 3.05) is 19.0 Å². The third-order valence-corrected chi connectivity index (χ3v) is 3.21. The quantitative estimate of drug-likeness (QED) is 0.643. The van der Waals surface area contributed by atoms with Crippen molar-refractivity contribution in [1.82, 2.24) is 5.32 Å². The lowest BCUT2D eigenvalue weighted by Gasteiger charge is -2.12. The molecule has 1 aromatic rings. The Kier molecular flexibility index (Phi) is 8.17. The van der Waals surface area contributed by atoms with Gasteiger partial charge in [0.1, 0.15) is 0 Å². The van der Waals surface area contributed by atoms with Crippen molar-refractivity contribution in [3.05, 3.63) is 29.8 Å². The molecule has 0 aliphatic carbocycles. The third kappa shape index (κ3) is 6.69. The second kappa shape index (κ2) is 9.92. The smallest absolute Gasteiger partial charge is 0.224 e. The summed E-state index contributed by atoms with van der Waals surface area (Å²) in [6, 6.07) is 7.40. The van der Waals surface area contributed by atoms with Gasteiger partial charge >= 0.3 is 0 Å². The topological polar surface area (TPSA) is 93.5 Å². The van der Waals surface area contributed by atoms with Gasteiger partial charge in [-0.05, 0) is 24.1 Å². The number of hydrogen-bond donors (Lipinski definition) is 3. The number of carbonyl (C=O) groups excluding carboxylic acids is 2. The molecule has 0 spiro atoms. The summed E-state index contributed by atoms with van der Waals surface area (Å²) >= 11 is 0. The van der Waals surface area contributed by atoms with Crippen LogP contribution in [0.25, 0.3) is 0 Å². The van der Waals surface area contributed by atoms with Crippen LogP contribution in [0.2, 0.25) is 0 Å². The minimum absolute atomic E-state index is 0.0101. The first-order valence-corrected chi connectivity index (χ1v) is 7.47. The summed E-state index contributed by atoms with van der Waals surface area (Å²) < 4.78 is 5.07. The van der Waals surface area contributed by atoms with Crippen LogP contribution in [0.5, 0.6) is 0 Å². The first-order valence-electron chi connectivity index (χ1n) is 7.47. The average Bonchev–Trinajstić information content (AvgIpc) is 2.52. The zero-order chi connectivity index (χ0) is 16.4. The molecule has 1 aromatic carbocycles. The molecule has 2 amide bonds. The lowest BCUT2D eigenvalue weighted by molar-refractivity contribution is -0.123. The molecule has 4 N–H and O–H groups in total. The highest BCUT2D eigenvalue weighted by Crippen LogP contribution is 2.10. The number of amides is 2. The Morgan fingerprint density at radius 1 is 1.23 bits per heavy atom. The molecule has 0 aromatic heterocycles. The van der Waals surface area contributed by atoms with Gasteiger partial charge in [0.15, 0.2) is 0 Å². The van der Waals surface area contributed by atoms with E-state index in [1.807, 2.05) is 31.2 Å². The molecule has 6 nitrogen and oxygen atoms in total. The molecule has 0 radical (unpaired) electrons. The predicted octanol–water partition coefficient (Wildman–Crippen LogP) is 1.41. The maximum Gasteiger partial charge on any atom is 0.224 e. The second-order valence-electron chi connectivity index (χ2n) is 5.07. The van der Waals surface area contributed by atoms with E-state index in [2.05, 4.69) is 10.6 Å². The van der Waals surface area contributed by atoms with Crippen LogP contribution >= 0.6 is 0 Å². The Morgan fingerprint density at radius 2 is 1.91 bits per heavy atom. The molecule has 0 saturated carbocycles. The fraction of sp³-hybridized carbons (Fsp3) is 0.500. The fourth-order valence-corrected chi connectivity index (χ4v) is 1.90. The summed E-state index contributed by atoms with van der Waals surface area (Å²) in [5.74, 6) is -0.0893. The first kappa shape index (κ1) is 18.1. The van der Waals surface area contributed by atoms with Crippen LogP contribution in [-0.2, 0) is 20.9 Å². The highest BCUT2D eigenvalue weighted by Gasteiger charge is 2.10. The van der Waals surface area contributed by atoms with Crippen molar-refractivity contribution in [1.29, 1.82) is 0 Å². The van der Waals surface area contributed by atoms with Gasteiger partial charge in [0, 0.05) is 32.3 Å². The Labute approximate surface area is 131 Å². The number of anilines is 1. The van der Waals surface area contributed by atoms with Crippen molar-refractivity contribution in [2.24, 2.45) is 5.73 Å². The number of carbonyl (C=O) groups is 2. The molecule has 0 aliphatic heterocycles. The van der Waals surface area contributed by atoms with Crippen LogP contribution in [-0.4, -0.2) is 31.6 Å². The van der Waals surface area contributed by atoms with E-state index in [1.54, 1.807) is 0 Å². The minimum atomic E-state index is -0.254. The van der Waals surface area contributed by atoms with Crippen LogP contribution in [0.1, 0.15) is 31.7 Å². The highest BCUT2D eigenvalue weighted by molar-refractivity contribution is 5.90. The van der Waals surface area contributed by atoms with Gasteiger partial charge in [0.05, 0.1) is 12.5 Å². The van der Waals surface area contributed by atoms with Crippen molar-refractivity contribution in [3.8, 4) is 0 Å². The number of ether oxygens (including phenoxy) is 1. The first-order chi connectivity index (χ1) is 10.6. The molecule has 0 heterocycles. The van der Waals surface area contributed by atoms with Crippen molar-refractivity contribution >= 4 is 17.5 Å². The van der Waals surface area contributed by atoms with E-state index < -0.39 is 0 Å². The number of nitrogens with one attached hydrogen (secondary N) is 2. The van der Waals surface area contributed by atoms with Gasteiger partial charge in [0.2, 0.25) is 11.8 Å². The standard InChI is InChI=1S/C16H25N3O3/c1-3-4-15(20)19-13-7-5-12(6-8-13)11-18-16(21)9-14(10-17)22-2/h5-8,14H,3-4,9-11,17H2,1-2H3,(H,18,21)(H,19,20). The zero-order valence-corrected chi connectivity index (χ0v) is 13.2. The van der Waals surface area contributed by atoms with E-state index in [0.29, 0.717) is 19.5 Å². The van der Waals surface area contributed by atoms with E-state index >= 15 is 0 Å². The second-order valence-corrected chi connectivity index (χ2v) is 5.07. The summed E-state index contributed by atoms with van der Waals surface area (Å²) in [4.78, 5) is 23.2. The molecule has 1 atom stereocenters. The number of nitrogens with two attached hydrogens (primary N) is 1. The predicted molar refractivity (Wildman–Crippen MR) is 86.3 cm³/mol. The van der Waals surface area contributed by atoms with Crippen LogP contribution in [0.15, 0.2) is 24.3 Å². The summed E-state index contributed by atoms with van der Waals surface area (Å²) in [7, 11) is 1.54. The number of hydrogen-bond acceptors (Lipinski definition) is 4. The van der Waals surface area contributed by atoms with Crippen molar-refractivity contribution in [2.45, 2.75) is 38.8 Å². The van der Waals surface area contributed by atoms with E-state index in [4.69, 9.17) is 10.5 Å². The van der Waals surface area contributed by atoms with E-state index in [-0.39, 0.29) is 24.3 Å². The molecule has 1 unspecified atom stereocenters. The molecule has 22 heavy (non-hydrogen) atoms. The summed E-state index contributed by atoms with van der Waals surface area (Å²) in [5, 5.41) is 5.64. The van der Waals surface area contributed by atoms with E-state index in [0.717, 1.165) is 17.7 Å². The summed E-state index contributed by atoms with van der Waals surface area (Å²) in [5.41, 5.74) is 7.20. The lowest BCUT2D eigenvalue weighted by atomic mass is 10.2. The monoisotopic (exact) mass is 307 g/mol. The van der Waals surface area contributed by atoms with Gasteiger partial charge in [-0.3, -0.25) is 9.59 Å². The van der Waals surface area contributed by atoms with Gasteiger partial charge in [0.25, 0.3) is 0 Å². The van der Waals surface area contributed by atoms with Crippen LogP contribution in [0.3, 0.4) is 0 Å². The molecule has 122 valence electrons. The average molecular weight is 307 g/mol. The number of methoxy groups -OCH3 is 1. The van der Waals surface area contributed by atoms with Gasteiger partial charge in [-0.15, -0.1) is 0 Å². The SMILES string of the molecule is CCCC(=O)Nc1ccc(CNC(=O)CC(CN)OC)cc1. The van der Waals surface area contributed by atoms with Crippen molar-refractivity contribution < 1.29 is 14.3 Å². The Hall–Kier alpha value is -1.92. The Bertz CT molecular complexity index is 470. The van der Waals surface area contributed by atoms with Crippen molar-refractivity contribution in [3.63, 3.8) is 0 Å².